The molecular formula is C22H22O12. The summed E-state index contributed by atoms with van der Waals surface area (Å²) in [7, 11) is 1.24. The highest BCUT2D eigenvalue weighted by Gasteiger charge is 2.45. The fourth-order valence-corrected chi connectivity index (χ4v) is 3.63. The van der Waals surface area contributed by atoms with Crippen LogP contribution in [-0.2, 0) is 4.74 Å². The second kappa shape index (κ2) is 9.00. The number of phenolic OH excluding ortho intramolecular Hbond substituents is 3. The lowest BCUT2D eigenvalue weighted by atomic mass is 9.99. The Balaban J connectivity index is 1.88. The van der Waals surface area contributed by atoms with Crippen LogP contribution in [0.3, 0.4) is 0 Å². The van der Waals surface area contributed by atoms with E-state index in [-0.39, 0.29) is 33.8 Å². The Labute approximate surface area is 191 Å². The van der Waals surface area contributed by atoms with Gasteiger partial charge < -0.3 is 54.4 Å². The Morgan fingerprint density at radius 1 is 0.941 bits per heavy atom. The molecule has 1 aromatic heterocycles. The van der Waals surface area contributed by atoms with Gasteiger partial charge in [-0.25, -0.2) is 0 Å². The van der Waals surface area contributed by atoms with Gasteiger partial charge in [-0.1, -0.05) is 0 Å². The molecule has 0 radical (unpaired) electrons. The highest BCUT2D eigenvalue weighted by molar-refractivity contribution is 5.91. The zero-order valence-corrected chi connectivity index (χ0v) is 17.7. The second-order valence-corrected chi connectivity index (χ2v) is 7.62. The molecule has 0 aliphatic carbocycles. The average Bonchev–Trinajstić information content (AvgIpc) is 2.81. The maximum Gasteiger partial charge on any atom is 0.229 e. The van der Waals surface area contributed by atoms with Gasteiger partial charge in [-0.3, -0.25) is 4.79 Å². The van der Waals surface area contributed by atoms with E-state index in [0.717, 1.165) is 18.2 Å². The highest BCUT2D eigenvalue weighted by Crippen LogP contribution is 2.43. The predicted molar refractivity (Wildman–Crippen MR) is 114 cm³/mol. The number of aliphatic hydroxyl groups excluding tert-OH is 4. The quantitative estimate of drug-likeness (QED) is 0.238. The molecule has 4 rings (SSSR count). The van der Waals surface area contributed by atoms with Crippen molar-refractivity contribution in [1.82, 2.24) is 0 Å². The Morgan fingerprint density at radius 2 is 1.68 bits per heavy atom. The smallest absolute Gasteiger partial charge is 0.229 e. The van der Waals surface area contributed by atoms with Gasteiger partial charge in [0.05, 0.1) is 13.7 Å². The Bertz CT molecular complexity index is 1270. The van der Waals surface area contributed by atoms with Crippen molar-refractivity contribution in [3.63, 3.8) is 0 Å². The number of methoxy groups -OCH3 is 1. The van der Waals surface area contributed by atoms with Crippen LogP contribution in [0.5, 0.6) is 28.7 Å². The van der Waals surface area contributed by atoms with Crippen molar-refractivity contribution < 1.29 is 54.4 Å². The number of hydrogen-bond donors (Lipinski definition) is 7. The van der Waals surface area contributed by atoms with Gasteiger partial charge >= 0.3 is 0 Å². The lowest BCUT2D eigenvalue weighted by Crippen LogP contribution is -2.60. The van der Waals surface area contributed by atoms with Crippen LogP contribution in [-0.4, -0.2) is 80.2 Å². The van der Waals surface area contributed by atoms with Gasteiger partial charge in [0, 0.05) is 17.7 Å². The standard InChI is InChI=1S/C22H22O12/c1-31-14-6-12(27)16-11(26)5-13(8-2-3-9(24)10(25)4-8)32-21(16)20(14)34-22-19(30)18(29)17(28)15(7-23)33-22/h2-6,15,17-19,22-25,27-30H,7H2,1H3/t15-,17-,18+,19-,22+/m1/s1. The largest absolute Gasteiger partial charge is 0.507 e. The summed E-state index contributed by atoms with van der Waals surface area (Å²) in [6, 6.07) is 5.83. The zero-order valence-electron chi connectivity index (χ0n) is 17.7. The second-order valence-electron chi connectivity index (χ2n) is 7.62. The van der Waals surface area contributed by atoms with E-state index in [9.17, 15) is 40.5 Å². The topological polar surface area (TPSA) is 200 Å². The summed E-state index contributed by atoms with van der Waals surface area (Å²) in [4.78, 5) is 12.8. The Morgan fingerprint density at radius 3 is 2.32 bits per heavy atom. The van der Waals surface area contributed by atoms with Crippen LogP contribution in [0.25, 0.3) is 22.3 Å². The number of aromatic hydroxyl groups is 3. The first-order chi connectivity index (χ1) is 16.2. The van der Waals surface area contributed by atoms with Crippen molar-refractivity contribution in [2.75, 3.05) is 13.7 Å². The molecule has 12 heteroatoms. The van der Waals surface area contributed by atoms with Crippen LogP contribution in [0, 0.1) is 0 Å². The van der Waals surface area contributed by atoms with Gasteiger partial charge in [-0.15, -0.1) is 0 Å². The third-order valence-electron chi connectivity index (χ3n) is 5.46. The molecule has 1 saturated heterocycles. The van der Waals surface area contributed by atoms with Crippen molar-refractivity contribution in [3.8, 4) is 40.1 Å². The predicted octanol–water partition coefficient (Wildman–Crippen LogP) is -0.236. The molecule has 12 nitrogen and oxygen atoms in total. The molecule has 2 aromatic carbocycles. The number of phenols is 3. The van der Waals surface area contributed by atoms with Crippen molar-refractivity contribution in [2.24, 2.45) is 0 Å². The summed E-state index contributed by atoms with van der Waals surface area (Å²) in [5, 5.41) is 69.2. The van der Waals surface area contributed by atoms with Gasteiger partial charge in [-0.05, 0) is 18.2 Å². The highest BCUT2D eigenvalue weighted by atomic mass is 16.7. The summed E-state index contributed by atoms with van der Waals surface area (Å²) in [5.74, 6) is -1.84. The van der Waals surface area contributed by atoms with Gasteiger partial charge in [0.2, 0.25) is 12.0 Å². The molecule has 34 heavy (non-hydrogen) atoms. The Hall–Kier alpha value is -3.55. The monoisotopic (exact) mass is 478 g/mol. The summed E-state index contributed by atoms with van der Waals surface area (Å²) in [5.41, 5.74) is -0.804. The Kier molecular flexibility index (Phi) is 6.25. The van der Waals surface area contributed by atoms with Gasteiger partial charge in [0.1, 0.15) is 41.3 Å². The van der Waals surface area contributed by atoms with E-state index < -0.39 is 60.0 Å². The zero-order chi connectivity index (χ0) is 24.7. The van der Waals surface area contributed by atoms with Crippen molar-refractivity contribution >= 4 is 11.0 Å². The first kappa shape index (κ1) is 23.6. The van der Waals surface area contributed by atoms with Crippen LogP contribution in [0.15, 0.2) is 39.5 Å². The lowest BCUT2D eigenvalue weighted by Gasteiger charge is -2.39. The molecule has 0 saturated carbocycles. The molecule has 182 valence electrons. The van der Waals surface area contributed by atoms with E-state index in [2.05, 4.69) is 0 Å². The first-order valence-corrected chi connectivity index (χ1v) is 10.0. The summed E-state index contributed by atoms with van der Waals surface area (Å²) >= 11 is 0. The van der Waals surface area contributed by atoms with Crippen LogP contribution in [0.2, 0.25) is 0 Å². The molecule has 1 aliphatic heterocycles. The van der Waals surface area contributed by atoms with E-state index in [0.29, 0.717) is 0 Å². The minimum atomic E-state index is -1.77. The molecule has 5 atom stereocenters. The van der Waals surface area contributed by atoms with Crippen molar-refractivity contribution in [3.05, 3.63) is 40.6 Å². The minimum absolute atomic E-state index is 0.0703. The van der Waals surface area contributed by atoms with E-state index >= 15 is 0 Å². The van der Waals surface area contributed by atoms with E-state index in [1.807, 2.05) is 0 Å². The number of aliphatic hydroxyl groups is 4. The average molecular weight is 478 g/mol. The molecule has 7 N–H and O–H groups in total. The molecule has 0 bridgehead atoms. The molecule has 1 aliphatic rings. The van der Waals surface area contributed by atoms with E-state index in [1.54, 1.807) is 0 Å². The molecule has 2 heterocycles. The van der Waals surface area contributed by atoms with Crippen LogP contribution < -0.4 is 14.9 Å². The minimum Gasteiger partial charge on any atom is -0.507 e. The van der Waals surface area contributed by atoms with Gasteiger partial charge in [0.15, 0.2) is 28.3 Å². The van der Waals surface area contributed by atoms with Crippen LogP contribution >= 0.6 is 0 Å². The maximum absolute atomic E-state index is 12.8. The third-order valence-corrected chi connectivity index (χ3v) is 5.46. The number of ether oxygens (including phenoxy) is 3. The number of hydrogen-bond acceptors (Lipinski definition) is 12. The van der Waals surface area contributed by atoms with E-state index in [4.69, 9.17) is 18.6 Å². The van der Waals surface area contributed by atoms with Crippen molar-refractivity contribution in [1.29, 1.82) is 0 Å². The summed E-state index contributed by atoms with van der Waals surface area (Å²) in [6.07, 6.45) is -8.02. The summed E-state index contributed by atoms with van der Waals surface area (Å²) < 4.78 is 22.1. The fraction of sp³-hybridized carbons (Fsp3) is 0.318. The number of fused-ring (bicyclic) bond motifs is 1. The summed E-state index contributed by atoms with van der Waals surface area (Å²) in [6.45, 7) is -0.693. The van der Waals surface area contributed by atoms with Crippen LogP contribution in [0.1, 0.15) is 0 Å². The lowest BCUT2D eigenvalue weighted by molar-refractivity contribution is -0.277. The molecule has 0 spiro atoms. The van der Waals surface area contributed by atoms with Crippen molar-refractivity contribution in [2.45, 2.75) is 30.7 Å². The van der Waals surface area contributed by atoms with Gasteiger partial charge in [0.25, 0.3) is 0 Å². The maximum atomic E-state index is 12.8. The fourth-order valence-electron chi connectivity index (χ4n) is 3.63. The third kappa shape index (κ3) is 3.97. The first-order valence-electron chi connectivity index (χ1n) is 10.0. The van der Waals surface area contributed by atoms with Crippen LogP contribution in [0.4, 0.5) is 0 Å². The normalized spacial score (nSPS) is 24.8. The molecule has 1 fully saturated rings. The molecule has 0 unspecified atom stereocenters. The molecule has 3 aromatic rings. The number of benzene rings is 2. The SMILES string of the molecule is COc1cc(O)c2c(=O)cc(-c3ccc(O)c(O)c3)oc2c1O[C@@H]1O[C@H](CO)[C@@H](O)[C@H](O)[C@H]1O. The molecular weight excluding hydrogens is 456 g/mol. The molecule has 0 amide bonds. The van der Waals surface area contributed by atoms with E-state index in [1.165, 1.54) is 19.2 Å². The van der Waals surface area contributed by atoms with Gasteiger partial charge in [-0.2, -0.15) is 0 Å². The number of rotatable bonds is 5.